The molecule has 3 atom stereocenters. The van der Waals surface area contributed by atoms with Crippen molar-refractivity contribution in [2.24, 2.45) is 5.92 Å². The average molecular weight is 348 g/mol. The summed E-state index contributed by atoms with van der Waals surface area (Å²) in [5.41, 5.74) is 1.71. The first kappa shape index (κ1) is 19.0. The van der Waals surface area contributed by atoms with Crippen molar-refractivity contribution in [1.29, 1.82) is 0 Å². The van der Waals surface area contributed by atoms with Crippen molar-refractivity contribution in [3.05, 3.63) is 35.5 Å². The van der Waals surface area contributed by atoms with Gasteiger partial charge >= 0.3 is 17.9 Å². The molecule has 6 heteroatoms. The van der Waals surface area contributed by atoms with Gasteiger partial charge in [0.1, 0.15) is 12.2 Å². The number of methoxy groups -OCH3 is 1. The zero-order valence-corrected chi connectivity index (χ0v) is 14.9. The Morgan fingerprint density at radius 1 is 1.40 bits per heavy atom. The molecular formula is C19H24O6. The molecule has 0 aromatic carbocycles. The SMILES string of the molecule is C=C1C(=O)OC2C=C(C)CCC=C(C(=O)OC)CC(OC(=O)CC)C12. The molecule has 0 N–H and O–H groups in total. The van der Waals surface area contributed by atoms with Crippen LogP contribution in [0.3, 0.4) is 0 Å². The van der Waals surface area contributed by atoms with Crippen LogP contribution in [0, 0.1) is 5.92 Å². The van der Waals surface area contributed by atoms with Crippen LogP contribution in [-0.2, 0) is 28.6 Å². The molecule has 0 aromatic rings. The molecule has 25 heavy (non-hydrogen) atoms. The second kappa shape index (κ2) is 8.14. The van der Waals surface area contributed by atoms with E-state index in [0.717, 1.165) is 12.0 Å². The molecule has 0 bridgehead atoms. The lowest BCUT2D eigenvalue weighted by Gasteiger charge is -2.27. The highest BCUT2D eigenvalue weighted by Gasteiger charge is 2.44. The molecule has 1 saturated heterocycles. The van der Waals surface area contributed by atoms with Gasteiger partial charge < -0.3 is 14.2 Å². The third kappa shape index (κ3) is 4.38. The summed E-state index contributed by atoms with van der Waals surface area (Å²) in [5.74, 6) is -1.89. The number of hydrogen-bond acceptors (Lipinski definition) is 6. The molecule has 2 rings (SSSR count). The van der Waals surface area contributed by atoms with Crippen LogP contribution in [-0.4, -0.2) is 37.2 Å². The lowest BCUT2D eigenvalue weighted by Crippen LogP contribution is -2.34. The van der Waals surface area contributed by atoms with Crippen molar-refractivity contribution in [2.75, 3.05) is 7.11 Å². The van der Waals surface area contributed by atoms with E-state index in [1.807, 2.05) is 13.0 Å². The van der Waals surface area contributed by atoms with E-state index in [2.05, 4.69) is 6.58 Å². The molecular weight excluding hydrogens is 324 g/mol. The smallest absolute Gasteiger partial charge is 0.334 e. The number of allylic oxidation sites excluding steroid dienone is 2. The van der Waals surface area contributed by atoms with Crippen LogP contribution in [0.2, 0.25) is 0 Å². The van der Waals surface area contributed by atoms with Crippen LogP contribution in [0.5, 0.6) is 0 Å². The van der Waals surface area contributed by atoms with E-state index in [0.29, 0.717) is 12.0 Å². The van der Waals surface area contributed by atoms with Crippen LogP contribution >= 0.6 is 0 Å². The maximum Gasteiger partial charge on any atom is 0.334 e. The minimum atomic E-state index is -0.719. The summed E-state index contributed by atoms with van der Waals surface area (Å²) in [4.78, 5) is 36.0. The molecule has 136 valence electrons. The molecule has 0 radical (unpaired) electrons. The molecule has 1 aliphatic carbocycles. The zero-order chi connectivity index (χ0) is 18.6. The molecule has 0 aromatic heterocycles. The minimum Gasteiger partial charge on any atom is -0.466 e. The van der Waals surface area contributed by atoms with E-state index < -0.39 is 36.0 Å². The average Bonchev–Trinajstić information content (AvgIpc) is 2.85. The summed E-state index contributed by atoms with van der Waals surface area (Å²) >= 11 is 0. The Morgan fingerprint density at radius 2 is 2.12 bits per heavy atom. The third-order valence-corrected chi connectivity index (χ3v) is 4.48. The Balaban J connectivity index is 2.44. The summed E-state index contributed by atoms with van der Waals surface area (Å²) < 4.78 is 15.8. The first-order valence-corrected chi connectivity index (χ1v) is 8.41. The van der Waals surface area contributed by atoms with Gasteiger partial charge in [-0.05, 0) is 25.8 Å². The molecule has 3 unspecified atom stereocenters. The Bertz CT molecular complexity index is 642. The fourth-order valence-electron chi connectivity index (χ4n) is 3.11. The van der Waals surface area contributed by atoms with Gasteiger partial charge in [0, 0.05) is 24.0 Å². The Hall–Kier alpha value is -2.37. The lowest BCUT2D eigenvalue weighted by atomic mass is 9.85. The third-order valence-electron chi connectivity index (χ3n) is 4.48. The number of rotatable bonds is 3. The van der Waals surface area contributed by atoms with Gasteiger partial charge in [0.2, 0.25) is 0 Å². The van der Waals surface area contributed by atoms with Gasteiger partial charge in [-0.25, -0.2) is 9.59 Å². The molecule has 1 heterocycles. The normalized spacial score (nSPS) is 26.8. The standard InChI is InChI=1S/C19H24O6/c1-5-16(20)24-15-10-13(19(22)23-4)8-6-7-11(2)9-14-17(15)12(3)18(21)25-14/h8-9,14-15,17H,3,5-7,10H2,1-2,4H3. The van der Waals surface area contributed by atoms with Crippen molar-refractivity contribution < 1.29 is 28.6 Å². The highest BCUT2D eigenvalue weighted by Crippen LogP contribution is 2.36. The number of esters is 3. The molecule has 0 spiro atoms. The maximum atomic E-state index is 12.1. The van der Waals surface area contributed by atoms with Crippen LogP contribution in [0.15, 0.2) is 35.5 Å². The van der Waals surface area contributed by atoms with Crippen molar-refractivity contribution in [3.8, 4) is 0 Å². The van der Waals surface area contributed by atoms with Crippen molar-refractivity contribution >= 4 is 17.9 Å². The van der Waals surface area contributed by atoms with E-state index in [4.69, 9.17) is 14.2 Å². The van der Waals surface area contributed by atoms with Gasteiger partial charge in [0.05, 0.1) is 13.0 Å². The number of ether oxygens (including phenoxy) is 3. The summed E-state index contributed by atoms with van der Waals surface area (Å²) in [7, 11) is 1.31. The minimum absolute atomic E-state index is 0.155. The van der Waals surface area contributed by atoms with Gasteiger partial charge in [0.25, 0.3) is 0 Å². The lowest BCUT2D eigenvalue weighted by molar-refractivity contribution is -0.152. The van der Waals surface area contributed by atoms with E-state index in [-0.39, 0.29) is 18.4 Å². The van der Waals surface area contributed by atoms with E-state index in [9.17, 15) is 14.4 Å². The monoisotopic (exact) mass is 348 g/mol. The summed E-state index contributed by atoms with van der Waals surface area (Å²) in [6, 6.07) is 0. The van der Waals surface area contributed by atoms with E-state index in [1.54, 1.807) is 13.0 Å². The predicted octanol–water partition coefficient (Wildman–Crippen LogP) is 2.64. The first-order chi connectivity index (χ1) is 11.9. The largest absolute Gasteiger partial charge is 0.466 e. The molecule has 0 amide bonds. The first-order valence-electron chi connectivity index (χ1n) is 8.41. The molecule has 0 saturated carbocycles. The Morgan fingerprint density at radius 3 is 2.76 bits per heavy atom. The van der Waals surface area contributed by atoms with Gasteiger partial charge in [-0.1, -0.05) is 25.2 Å². The van der Waals surface area contributed by atoms with Crippen molar-refractivity contribution in [1.82, 2.24) is 0 Å². The molecule has 6 nitrogen and oxygen atoms in total. The number of hydrogen-bond donors (Lipinski definition) is 0. The van der Waals surface area contributed by atoms with Crippen molar-refractivity contribution in [2.45, 2.75) is 51.7 Å². The number of fused-ring (bicyclic) bond motifs is 1. The van der Waals surface area contributed by atoms with Crippen LogP contribution < -0.4 is 0 Å². The fourth-order valence-corrected chi connectivity index (χ4v) is 3.11. The fraction of sp³-hybridized carbons (Fsp3) is 0.526. The van der Waals surface area contributed by atoms with Crippen LogP contribution in [0.4, 0.5) is 0 Å². The van der Waals surface area contributed by atoms with Crippen molar-refractivity contribution in [3.63, 3.8) is 0 Å². The molecule has 2 aliphatic rings. The second-order valence-electron chi connectivity index (χ2n) is 6.28. The second-order valence-corrected chi connectivity index (χ2v) is 6.28. The Labute approximate surface area is 147 Å². The van der Waals surface area contributed by atoms with Gasteiger partial charge in [-0.3, -0.25) is 4.79 Å². The molecule has 1 aliphatic heterocycles. The quantitative estimate of drug-likeness (QED) is 0.338. The van der Waals surface area contributed by atoms with Gasteiger partial charge in [-0.2, -0.15) is 0 Å². The maximum absolute atomic E-state index is 12.1. The van der Waals surface area contributed by atoms with Crippen LogP contribution in [0.25, 0.3) is 0 Å². The van der Waals surface area contributed by atoms with Gasteiger partial charge in [-0.15, -0.1) is 0 Å². The predicted molar refractivity (Wildman–Crippen MR) is 90.4 cm³/mol. The summed E-state index contributed by atoms with van der Waals surface area (Å²) in [6.45, 7) is 7.44. The Kier molecular flexibility index (Phi) is 6.17. The van der Waals surface area contributed by atoms with Crippen LogP contribution in [0.1, 0.15) is 39.5 Å². The van der Waals surface area contributed by atoms with Gasteiger partial charge in [0.15, 0.2) is 0 Å². The summed E-state index contributed by atoms with van der Waals surface area (Å²) in [6.07, 6.45) is 4.14. The van der Waals surface area contributed by atoms with E-state index in [1.165, 1.54) is 7.11 Å². The topological polar surface area (TPSA) is 78.9 Å². The zero-order valence-electron chi connectivity index (χ0n) is 14.9. The number of carbonyl (C=O) groups excluding carboxylic acids is 3. The highest BCUT2D eigenvalue weighted by atomic mass is 16.6. The molecule has 1 fully saturated rings. The highest BCUT2D eigenvalue weighted by molar-refractivity contribution is 5.92. The number of carbonyl (C=O) groups is 3. The van der Waals surface area contributed by atoms with E-state index >= 15 is 0 Å². The summed E-state index contributed by atoms with van der Waals surface area (Å²) in [5, 5.41) is 0.